The fourth-order valence-corrected chi connectivity index (χ4v) is 2.57. The summed E-state index contributed by atoms with van der Waals surface area (Å²) in [7, 11) is 0. The number of hydrogen-bond acceptors (Lipinski definition) is 3. The van der Waals surface area contributed by atoms with Gasteiger partial charge in [0.1, 0.15) is 6.17 Å². The van der Waals surface area contributed by atoms with E-state index in [1.54, 1.807) is 24.3 Å². The molecule has 0 aromatic heterocycles. The van der Waals surface area contributed by atoms with Gasteiger partial charge in [-0.05, 0) is 11.6 Å². The minimum absolute atomic E-state index is 0.0745. The number of carbonyl (C=O) groups excluding carboxylic acids is 1. The van der Waals surface area contributed by atoms with Gasteiger partial charge in [0.25, 0.3) is 5.91 Å². The molecule has 7 heteroatoms. The Kier molecular flexibility index (Phi) is 2.35. The maximum Gasteiger partial charge on any atom is 0.426 e. The molecule has 2 N–H and O–H groups in total. The van der Waals surface area contributed by atoms with Crippen molar-refractivity contribution in [1.82, 2.24) is 4.90 Å². The number of nitrogens with one attached hydrogen (secondary N) is 1. The van der Waals surface area contributed by atoms with Crippen molar-refractivity contribution in [2.24, 2.45) is 0 Å². The predicted molar refractivity (Wildman–Crippen MR) is 60.0 cm³/mol. The summed E-state index contributed by atoms with van der Waals surface area (Å²) < 4.78 is 38.5. The summed E-state index contributed by atoms with van der Waals surface area (Å²) in [6.07, 6.45) is -6.48. The highest BCUT2D eigenvalue weighted by Crippen LogP contribution is 2.44. The van der Waals surface area contributed by atoms with Gasteiger partial charge in [0.2, 0.25) is 5.60 Å². The zero-order chi connectivity index (χ0) is 13.8. The first-order valence-corrected chi connectivity index (χ1v) is 5.77. The van der Waals surface area contributed by atoms with E-state index in [0.29, 0.717) is 5.69 Å². The average Bonchev–Trinajstić information content (AvgIpc) is 2.60. The molecule has 2 aliphatic rings. The highest BCUT2D eigenvalue weighted by Gasteiger charge is 2.66. The lowest BCUT2D eigenvalue weighted by Gasteiger charge is -2.32. The van der Waals surface area contributed by atoms with Crippen LogP contribution in [0.2, 0.25) is 0 Å². The number of amides is 1. The molecule has 0 unspecified atom stereocenters. The van der Waals surface area contributed by atoms with Crippen LogP contribution in [-0.2, 0) is 11.3 Å². The van der Waals surface area contributed by atoms with Gasteiger partial charge in [0.05, 0.1) is 0 Å². The Morgan fingerprint density at radius 1 is 1.37 bits per heavy atom. The Labute approximate surface area is 106 Å². The molecule has 1 saturated heterocycles. The molecule has 1 aromatic carbocycles. The quantitative estimate of drug-likeness (QED) is 0.752. The van der Waals surface area contributed by atoms with Crippen LogP contribution in [0.15, 0.2) is 24.3 Å². The largest absolute Gasteiger partial charge is 0.426 e. The van der Waals surface area contributed by atoms with E-state index in [1.807, 2.05) is 0 Å². The topological polar surface area (TPSA) is 52.6 Å². The van der Waals surface area contributed by atoms with Crippen LogP contribution < -0.4 is 5.32 Å². The highest BCUT2D eigenvalue weighted by atomic mass is 19.4. The maximum atomic E-state index is 12.8. The van der Waals surface area contributed by atoms with E-state index < -0.39 is 30.3 Å². The van der Waals surface area contributed by atoms with Gasteiger partial charge in [-0.2, -0.15) is 13.2 Å². The van der Waals surface area contributed by atoms with Crippen molar-refractivity contribution >= 4 is 11.6 Å². The first kappa shape index (κ1) is 12.3. The second-order valence-corrected chi connectivity index (χ2v) is 4.81. The third-order valence-electron chi connectivity index (χ3n) is 3.63. The van der Waals surface area contributed by atoms with Gasteiger partial charge in [-0.1, -0.05) is 18.2 Å². The summed E-state index contributed by atoms with van der Waals surface area (Å²) >= 11 is 0. The Morgan fingerprint density at radius 3 is 2.74 bits per heavy atom. The summed E-state index contributed by atoms with van der Waals surface area (Å²) in [6.45, 7) is 0.0745. The normalized spacial score (nSPS) is 29.8. The fourth-order valence-electron chi connectivity index (χ4n) is 2.57. The molecule has 2 atom stereocenters. The first-order chi connectivity index (χ1) is 8.83. The molecule has 1 fully saturated rings. The monoisotopic (exact) mass is 272 g/mol. The molecule has 2 heterocycles. The molecule has 0 saturated carbocycles. The molecule has 0 radical (unpaired) electrons. The molecule has 2 aliphatic heterocycles. The van der Waals surface area contributed by atoms with Gasteiger partial charge in [0, 0.05) is 18.7 Å². The van der Waals surface area contributed by atoms with Gasteiger partial charge in [-0.15, -0.1) is 0 Å². The Bertz CT molecular complexity index is 546. The zero-order valence-electron chi connectivity index (χ0n) is 9.74. The average molecular weight is 272 g/mol. The number of fused-ring (bicyclic) bond motifs is 2. The number of carbonyl (C=O) groups is 1. The van der Waals surface area contributed by atoms with Gasteiger partial charge in [-0.25, -0.2) is 0 Å². The number of alkyl halides is 3. The van der Waals surface area contributed by atoms with E-state index >= 15 is 0 Å². The third-order valence-corrected chi connectivity index (χ3v) is 3.63. The van der Waals surface area contributed by atoms with Crippen LogP contribution in [0.5, 0.6) is 0 Å². The summed E-state index contributed by atoms with van der Waals surface area (Å²) in [4.78, 5) is 12.9. The van der Waals surface area contributed by atoms with Crippen molar-refractivity contribution in [3.05, 3.63) is 29.8 Å². The summed E-state index contributed by atoms with van der Waals surface area (Å²) in [5, 5.41) is 12.5. The van der Waals surface area contributed by atoms with E-state index in [0.717, 1.165) is 10.5 Å². The van der Waals surface area contributed by atoms with Crippen LogP contribution >= 0.6 is 0 Å². The lowest BCUT2D eigenvalue weighted by Crippen LogP contribution is -2.51. The van der Waals surface area contributed by atoms with E-state index in [9.17, 15) is 23.1 Å². The number of benzene rings is 1. The molecule has 0 spiro atoms. The smallest absolute Gasteiger partial charge is 0.373 e. The number of nitrogens with zero attached hydrogens (tertiary/aromatic N) is 1. The van der Waals surface area contributed by atoms with Crippen molar-refractivity contribution in [2.45, 2.75) is 30.9 Å². The number of aliphatic hydroxyl groups is 1. The van der Waals surface area contributed by atoms with Crippen molar-refractivity contribution < 1.29 is 23.1 Å². The van der Waals surface area contributed by atoms with Crippen LogP contribution in [0.4, 0.5) is 18.9 Å². The molecular weight excluding hydrogens is 261 g/mol. The molecule has 4 nitrogen and oxygen atoms in total. The molecule has 102 valence electrons. The lowest BCUT2D eigenvalue weighted by atomic mass is 10.0. The fraction of sp³-hybridized carbons (Fsp3) is 0.417. The van der Waals surface area contributed by atoms with Crippen molar-refractivity contribution in [2.75, 3.05) is 5.32 Å². The van der Waals surface area contributed by atoms with E-state index in [4.69, 9.17) is 0 Å². The second-order valence-electron chi connectivity index (χ2n) is 4.81. The lowest BCUT2D eigenvalue weighted by molar-refractivity contribution is -0.248. The van der Waals surface area contributed by atoms with E-state index in [2.05, 4.69) is 5.32 Å². The Balaban J connectivity index is 1.96. The number of para-hydroxylation sites is 1. The van der Waals surface area contributed by atoms with Crippen molar-refractivity contribution in [1.29, 1.82) is 0 Å². The molecule has 3 rings (SSSR count). The predicted octanol–water partition coefficient (Wildman–Crippen LogP) is 1.46. The van der Waals surface area contributed by atoms with Crippen LogP contribution in [0.25, 0.3) is 0 Å². The zero-order valence-corrected chi connectivity index (χ0v) is 9.74. The Hall–Kier alpha value is -1.76. The van der Waals surface area contributed by atoms with Crippen LogP contribution in [-0.4, -0.2) is 33.9 Å². The number of anilines is 1. The highest BCUT2D eigenvalue weighted by molar-refractivity contribution is 5.89. The summed E-state index contributed by atoms with van der Waals surface area (Å²) in [6, 6.07) is 6.98. The molecular formula is C12H11F3N2O2. The van der Waals surface area contributed by atoms with E-state index in [-0.39, 0.29) is 6.54 Å². The summed E-state index contributed by atoms with van der Waals surface area (Å²) in [5.41, 5.74) is -1.85. The van der Waals surface area contributed by atoms with Crippen molar-refractivity contribution in [3.63, 3.8) is 0 Å². The maximum absolute atomic E-state index is 12.8. The first-order valence-electron chi connectivity index (χ1n) is 5.77. The number of rotatable bonds is 0. The number of hydrogen-bond donors (Lipinski definition) is 2. The minimum atomic E-state index is -4.96. The van der Waals surface area contributed by atoms with Crippen molar-refractivity contribution in [3.8, 4) is 0 Å². The molecule has 0 bridgehead atoms. The minimum Gasteiger partial charge on any atom is -0.373 e. The number of halogens is 3. The molecule has 19 heavy (non-hydrogen) atoms. The molecule has 1 amide bonds. The third kappa shape index (κ3) is 1.61. The standard InChI is InChI=1S/C12H11F3N2O2/c13-12(14,15)11(19)5-9-16-8-4-2-1-3-7(8)6-17(9)10(11)18/h1-4,9,16,19H,5-6H2/t9-,11-/m1/s1. The molecule has 0 aliphatic carbocycles. The Morgan fingerprint density at radius 2 is 2.05 bits per heavy atom. The van der Waals surface area contributed by atoms with Crippen LogP contribution in [0.1, 0.15) is 12.0 Å². The van der Waals surface area contributed by atoms with E-state index in [1.165, 1.54) is 0 Å². The SMILES string of the molecule is O=C1N2Cc3ccccc3N[C@H]2C[C@]1(O)C(F)(F)F. The van der Waals surface area contributed by atoms with Gasteiger partial charge < -0.3 is 15.3 Å². The van der Waals surface area contributed by atoms with Crippen LogP contribution in [0, 0.1) is 0 Å². The summed E-state index contributed by atoms with van der Waals surface area (Å²) in [5.74, 6) is -1.29. The van der Waals surface area contributed by atoms with Crippen LogP contribution in [0.3, 0.4) is 0 Å². The molecule has 1 aromatic rings. The van der Waals surface area contributed by atoms with Gasteiger partial charge >= 0.3 is 6.18 Å². The second kappa shape index (κ2) is 3.63. The van der Waals surface area contributed by atoms with Gasteiger partial charge in [0.15, 0.2) is 0 Å². The van der Waals surface area contributed by atoms with Gasteiger partial charge in [-0.3, -0.25) is 4.79 Å².